The molecule has 0 aliphatic heterocycles. The van der Waals surface area contributed by atoms with Gasteiger partial charge >= 0.3 is 0 Å². The molecule has 2 heterocycles. The van der Waals surface area contributed by atoms with Gasteiger partial charge in [-0.05, 0) is 42.9 Å². The Morgan fingerprint density at radius 1 is 1.08 bits per heavy atom. The van der Waals surface area contributed by atoms with E-state index < -0.39 is 0 Å². The Morgan fingerprint density at radius 2 is 1.83 bits per heavy atom. The zero-order valence-electron chi connectivity index (χ0n) is 14.8. The fourth-order valence-corrected chi connectivity index (χ4v) is 3.95. The van der Waals surface area contributed by atoms with E-state index in [2.05, 4.69) is 63.0 Å². The monoisotopic (exact) mass is 336 g/mol. The van der Waals surface area contributed by atoms with Crippen molar-refractivity contribution in [3.63, 3.8) is 0 Å². The molecule has 2 aromatic heterocycles. The smallest absolute Gasteiger partial charge is 0.126 e. The van der Waals surface area contributed by atoms with Gasteiger partial charge in [-0.15, -0.1) is 11.3 Å². The minimum atomic E-state index is 0.682. The van der Waals surface area contributed by atoms with Gasteiger partial charge in [0.1, 0.15) is 5.01 Å². The van der Waals surface area contributed by atoms with Gasteiger partial charge in [0.15, 0.2) is 0 Å². The minimum Gasteiger partial charge on any atom is -0.264 e. The minimum absolute atomic E-state index is 0.682. The lowest BCUT2D eigenvalue weighted by molar-refractivity contribution is 0.647. The first-order valence-corrected chi connectivity index (χ1v) is 9.40. The molecule has 0 radical (unpaired) electrons. The molecule has 3 rings (SSSR count). The van der Waals surface area contributed by atoms with Crippen molar-refractivity contribution >= 4 is 11.3 Å². The van der Waals surface area contributed by atoms with Gasteiger partial charge in [-0.25, -0.2) is 4.98 Å². The summed E-state index contributed by atoms with van der Waals surface area (Å²) in [5.74, 6) is 0.682. The first-order chi connectivity index (χ1) is 11.6. The van der Waals surface area contributed by atoms with Crippen molar-refractivity contribution in [3.8, 4) is 21.8 Å². The summed E-state index contributed by atoms with van der Waals surface area (Å²) in [6.45, 7) is 8.84. The molecule has 0 amide bonds. The van der Waals surface area contributed by atoms with E-state index in [-0.39, 0.29) is 0 Å². The molecule has 0 saturated heterocycles. The van der Waals surface area contributed by atoms with E-state index in [1.54, 1.807) is 11.3 Å². The molecule has 0 fully saturated rings. The summed E-state index contributed by atoms with van der Waals surface area (Å²) in [7, 11) is 0. The van der Waals surface area contributed by atoms with Crippen molar-refractivity contribution in [3.05, 3.63) is 58.7 Å². The molecular formula is C21H24N2S. The number of pyridine rings is 1. The maximum atomic E-state index is 4.93. The van der Waals surface area contributed by atoms with Crippen LogP contribution in [0.15, 0.2) is 42.7 Å². The van der Waals surface area contributed by atoms with Crippen molar-refractivity contribution in [2.45, 2.75) is 40.5 Å². The maximum absolute atomic E-state index is 4.93. The molecule has 2 nitrogen and oxygen atoms in total. The number of nitrogens with zero attached hydrogens (tertiary/aromatic N) is 2. The summed E-state index contributed by atoms with van der Waals surface area (Å²) in [5, 5.41) is 1.07. The number of hydrogen-bond acceptors (Lipinski definition) is 3. The Hall–Kier alpha value is -2.00. The van der Waals surface area contributed by atoms with Crippen LogP contribution in [0.2, 0.25) is 0 Å². The third-order valence-corrected chi connectivity index (χ3v) is 5.19. The number of hydrogen-bond donors (Lipinski definition) is 0. The van der Waals surface area contributed by atoms with Crippen molar-refractivity contribution in [2.75, 3.05) is 0 Å². The van der Waals surface area contributed by atoms with Crippen LogP contribution in [0.4, 0.5) is 0 Å². The number of aromatic nitrogens is 2. The molecule has 0 N–H and O–H groups in total. The van der Waals surface area contributed by atoms with Crippen molar-refractivity contribution < 1.29 is 0 Å². The second-order valence-electron chi connectivity index (χ2n) is 6.61. The van der Waals surface area contributed by atoms with Crippen LogP contribution in [0, 0.1) is 12.8 Å². The molecular weight excluding hydrogens is 312 g/mol. The quantitative estimate of drug-likeness (QED) is 0.576. The summed E-state index contributed by atoms with van der Waals surface area (Å²) in [5.41, 5.74) is 6.15. The van der Waals surface area contributed by atoms with Crippen molar-refractivity contribution in [1.29, 1.82) is 0 Å². The lowest BCUT2D eigenvalue weighted by atomic mass is 10.0. The van der Waals surface area contributed by atoms with E-state index in [0.29, 0.717) is 5.92 Å². The Kier molecular flexibility index (Phi) is 5.10. The molecule has 3 aromatic rings. The fourth-order valence-electron chi connectivity index (χ4n) is 2.97. The Morgan fingerprint density at radius 3 is 2.50 bits per heavy atom. The predicted molar refractivity (Wildman–Crippen MR) is 103 cm³/mol. The van der Waals surface area contributed by atoms with Gasteiger partial charge in [0.2, 0.25) is 0 Å². The molecule has 0 spiro atoms. The molecule has 0 atom stereocenters. The molecule has 0 aliphatic rings. The number of thiazole rings is 1. The Bertz CT molecular complexity index is 816. The van der Waals surface area contributed by atoms with Crippen LogP contribution >= 0.6 is 11.3 Å². The third-order valence-electron chi connectivity index (χ3n) is 4.19. The van der Waals surface area contributed by atoms with Crippen molar-refractivity contribution in [1.82, 2.24) is 9.97 Å². The molecule has 1 aromatic carbocycles. The van der Waals surface area contributed by atoms with E-state index in [0.717, 1.165) is 29.1 Å². The van der Waals surface area contributed by atoms with E-state index in [1.807, 2.05) is 12.4 Å². The molecule has 24 heavy (non-hydrogen) atoms. The van der Waals surface area contributed by atoms with E-state index >= 15 is 0 Å². The van der Waals surface area contributed by atoms with Crippen LogP contribution in [0.1, 0.15) is 36.8 Å². The van der Waals surface area contributed by atoms with Crippen LogP contribution in [0.3, 0.4) is 0 Å². The SMILES string of the molecule is CCc1ccncc1-c1nc(-c2ccc(CC(C)C)cc2)c(C)s1. The van der Waals surface area contributed by atoms with Gasteiger partial charge in [-0.1, -0.05) is 45.0 Å². The van der Waals surface area contributed by atoms with E-state index in [9.17, 15) is 0 Å². The van der Waals surface area contributed by atoms with Crippen LogP contribution in [-0.2, 0) is 12.8 Å². The highest BCUT2D eigenvalue weighted by Gasteiger charge is 2.13. The van der Waals surface area contributed by atoms with Gasteiger partial charge in [0, 0.05) is 28.4 Å². The highest BCUT2D eigenvalue weighted by molar-refractivity contribution is 7.15. The van der Waals surface area contributed by atoms with Crippen molar-refractivity contribution in [2.24, 2.45) is 5.92 Å². The Labute approximate surface area is 148 Å². The topological polar surface area (TPSA) is 25.8 Å². The van der Waals surface area contributed by atoms with Gasteiger partial charge in [0.25, 0.3) is 0 Å². The summed E-state index contributed by atoms with van der Waals surface area (Å²) >= 11 is 1.76. The molecule has 3 heteroatoms. The number of benzene rings is 1. The fraction of sp³-hybridized carbons (Fsp3) is 0.333. The largest absolute Gasteiger partial charge is 0.264 e. The van der Waals surface area contributed by atoms with Gasteiger partial charge in [-0.3, -0.25) is 4.98 Å². The standard InChI is InChI=1S/C21H24N2S/c1-5-17-10-11-22-13-19(17)21-23-20(15(4)24-21)18-8-6-16(7-9-18)12-14(2)3/h6-11,13-14H,5,12H2,1-4H3. The Balaban J connectivity index is 1.94. The van der Waals surface area contributed by atoms with E-state index in [1.165, 1.54) is 21.6 Å². The van der Waals surface area contributed by atoms with E-state index in [4.69, 9.17) is 4.98 Å². The average molecular weight is 337 g/mol. The molecule has 0 unspecified atom stereocenters. The van der Waals surface area contributed by atoms with Gasteiger partial charge in [-0.2, -0.15) is 0 Å². The molecule has 0 aliphatic carbocycles. The predicted octanol–water partition coefficient (Wildman–Crippen LogP) is 5.94. The normalized spacial score (nSPS) is 11.2. The zero-order chi connectivity index (χ0) is 17.1. The first-order valence-electron chi connectivity index (χ1n) is 8.58. The summed E-state index contributed by atoms with van der Waals surface area (Å²) in [6, 6.07) is 11.0. The van der Waals surface area contributed by atoms with Crippen LogP contribution in [-0.4, -0.2) is 9.97 Å². The second-order valence-corrected chi connectivity index (χ2v) is 7.81. The number of aryl methyl sites for hydroxylation is 2. The first kappa shape index (κ1) is 16.8. The lowest BCUT2D eigenvalue weighted by Gasteiger charge is -2.06. The summed E-state index contributed by atoms with van der Waals surface area (Å²) in [4.78, 5) is 10.5. The summed E-state index contributed by atoms with van der Waals surface area (Å²) in [6.07, 6.45) is 5.91. The van der Waals surface area contributed by atoms with Crippen LogP contribution in [0.25, 0.3) is 21.8 Å². The highest BCUT2D eigenvalue weighted by atomic mass is 32.1. The average Bonchev–Trinajstić information content (AvgIpc) is 2.96. The zero-order valence-corrected chi connectivity index (χ0v) is 15.7. The molecule has 0 saturated carbocycles. The maximum Gasteiger partial charge on any atom is 0.126 e. The molecule has 124 valence electrons. The second kappa shape index (κ2) is 7.27. The highest BCUT2D eigenvalue weighted by Crippen LogP contribution is 2.34. The number of rotatable bonds is 5. The van der Waals surface area contributed by atoms with Gasteiger partial charge in [0.05, 0.1) is 5.69 Å². The third kappa shape index (κ3) is 3.57. The lowest BCUT2D eigenvalue weighted by Crippen LogP contribution is -1.93. The van der Waals surface area contributed by atoms with Crippen LogP contribution in [0.5, 0.6) is 0 Å². The van der Waals surface area contributed by atoms with Crippen LogP contribution < -0.4 is 0 Å². The summed E-state index contributed by atoms with van der Waals surface area (Å²) < 4.78 is 0. The van der Waals surface area contributed by atoms with Gasteiger partial charge < -0.3 is 0 Å². The molecule has 0 bridgehead atoms.